The molecule has 0 bridgehead atoms. The summed E-state index contributed by atoms with van der Waals surface area (Å²) in [6.45, 7) is 3.84. The standard InChI is InChI=1S/C22H25NO6S/c1-18-4-2-3-5-21(18)28-16-17-29-22(24)11-8-19-6-9-20(10-7-19)30(25,26)23-12-14-27-15-13-23/h2-11H,12-17H2,1H3/b11-8+. The number of aryl methyl sites for hydroxylation is 1. The molecule has 0 saturated carbocycles. The summed E-state index contributed by atoms with van der Waals surface area (Å²) in [5.41, 5.74) is 1.71. The monoisotopic (exact) mass is 431 g/mol. The first-order chi connectivity index (χ1) is 14.5. The highest BCUT2D eigenvalue weighted by molar-refractivity contribution is 7.89. The number of esters is 1. The van der Waals surface area contributed by atoms with Crippen LogP contribution in [-0.2, 0) is 24.3 Å². The van der Waals surface area contributed by atoms with Crippen molar-refractivity contribution >= 4 is 22.1 Å². The minimum absolute atomic E-state index is 0.133. The molecule has 1 aliphatic rings. The van der Waals surface area contributed by atoms with Gasteiger partial charge in [-0.05, 0) is 42.3 Å². The highest BCUT2D eigenvalue weighted by Crippen LogP contribution is 2.18. The molecule has 3 rings (SSSR count). The van der Waals surface area contributed by atoms with Crippen LogP contribution in [-0.4, -0.2) is 58.2 Å². The Balaban J connectivity index is 1.47. The van der Waals surface area contributed by atoms with Crippen molar-refractivity contribution < 1.29 is 27.4 Å². The van der Waals surface area contributed by atoms with Gasteiger partial charge in [0, 0.05) is 19.2 Å². The minimum Gasteiger partial charge on any atom is -0.490 e. The number of carbonyl (C=O) groups excluding carboxylic acids is 1. The summed E-state index contributed by atoms with van der Waals surface area (Å²) in [7, 11) is -3.53. The molecule has 0 unspecified atom stereocenters. The first kappa shape index (κ1) is 22.0. The molecular formula is C22H25NO6S. The van der Waals surface area contributed by atoms with Crippen LogP contribution in [0.2, 0.25) is 0 Å². The van der Waals surface area contributed by atoms with Gasteiger partial charge in [-0.25, -0.2) is 13.2 Å². The van der Waals surface area contributed by atoms with E-state index in [4.69, 9.17) is 14.2 Å². The average molecular weight is 432 g/mol. The van der Waals surface area contributed by atoms with Crippen molar-refractivity contribution in [2.24, 2.45) is 0 Å². The zero-order valence-electron chi connectivity index (χ0n) is 16.8. The second kappa shape index (κ2) is 10.4. The van der Waals surface area contributed by atoms with E-state index in [1.54, 1.807) is 18.2 Å². The van der Waals surface area contributed by atoms with Gasteiger partial charge in [0.15, 0.2) is 0 Å². The Hall–Kier alpha value is -2.68. The fourth-order valence-electron chi connectivity index (χ4n) is 2.91. The van der Waals surface area contributed by atoms with Crippen molar-refractivity contribution in [1.82, 2.24) is 4.31 Å². The number of nitrogens with zero attached hydrogens (tertiary/aromatic N) is 1. The Kier molecular flexibility index (Phi) is 7.62. The lowest BCUT2D eigenvalue weighted by atomic mass is 10.2. The third kappa shape index (κ3) is 5.91. The number of carbonyl (C=O) groups is 1. The molecule has 1 heterocycles. The molecule has 1 aliphatic heterocycles. The zero-order valence-corrected chi connectivity index (χ0v) is 17.6. The number of sulfonamides is 1. The summed E-state index contributed by atoms with van der Waals surface area (Å²) in [5, 5.41) is 0. The molecule has 1 fully saturated rings. The van der Waals surface area contributed by atoms with Crippen LogP contribution >= 0.6 is 0 Å². The van der Waals surface area contributed by atoms with Gasteiger partial charge in [0.2, 0.25) is 10.0 Å². The Morgan fingerprint density at radius 3 is 2.47 bits per heavy atom. The van der Waals surface area contributed by atoms with Gasteiger partial charge in [-0.1, -0.05) is 30.3 Å². The summed E-state index contributed by atoms with van der Waals surface area (Å²) < 4.78 is 42.5. The predicted octanol–water partition coefficient (Wildman–Crippen LogP) is 2.65. The van der Waals surface area contributed by atoms with Crippen molar-refractivity contribution in [3.05, 3.63) is 65.7 Å². The van der Waals surface area contributed by atoms with Gasteiger partial charge < -0.3 is 14.2 Å². The largest absolute Gasteiger partial charge is 0.490 e. The molecule has 0 atom stereocenters. The van der Waals surface area contributed by atoms with Crippen molar-refractivity contribution in [3.8, 4) is 5.75 Å². The maximum absolute atomic E-state index is 12.6. The molecule has 0 N–H and O–H groups in total. The number of para-hydroxylation sites is 1. The molecule has 0 aliphatic carbocycles. The second-order valence-corrected chi connectivity index (χ2v) is 8.64. The SMILES string of the molecule is Cc1ccccc1OCCOC(=O)/C=C/c1ccc(S(=O)(=O)N2CCOCC2)cc1. The van der Waals surface area contributed by atoms with Crippen LogP contribution in [0.15, 0.2) is 59.5 Å². The summed E-state index contributed by atoms with van der Waals surface area (Å²) in [5.74, 6) is 0.268. The molecule has 2 aromatic rings. The van der Waals surface area contributed by atoms with Crippen molar-refractivity contribution in [2.75, 3.05) is 39.5 Å². The lowest BCUT2D eigenvalue weighted by molar-refractivity contribution is -0.138. The van der Waals surface area contributed by atoms with Gasteiger partial charge in [0.1, 0.15) is 19.0 Å². The van der Waals surface area contributed by atoms with Crippen LogP contribution in [0.3, 0.4) is 0 Å². The van der Waals surface area contributed by atoms with Gasteiger partial charge in [0.25, 0.3) is 0 Å². The lowest BCUT2D eigenvalue weighted by Gasteiger charge is -2.26. The Bertz CT molecular complexity index is 979. The molecule has 1 saturated heterocycles. The van der Waals surface area contributed by atoms with Crippen LogP contribution in [0.25, 0.3) is 6.08 Å². The number of morpholine rings is 1. The molecule has 8 heteroatoms. The normalized spacial score (nSPS) is 15.2. The minimum atomic E-state index is -3.53. The summed E-state index contributed by atoms with van der Waals surface area (Å²) >= 11 is 0. The predicted molar refractivity (Wildman–Crippen MR) is 113 cm³/mol. The molecular weight excluding hydrogens is 406 g/mol. The van der Waals surface area contributed by atoms with Crippen LogP contribution in [0.4, 0.5) is 0 Å². The Morgan fingerprint density at radius 2 is 1.77 bits per heavy atom. The van der Waals surface area contributed by atoms with Gasteiger partial charge in [-0.15, -0.1) is 0 Å². The quantitative estimate of drug-likeness (QED) is 0.363. The maximum Gasteiger partial charge on any atom is 0.330 e. The highest BCUT2D eigenvalue weighted by atomic mass is 32.2. The van der Waals surface area contributed by atoms with Crippen molar-refractivity contribution in [1.29, 1.82) is 0 Å². The first-order valence-electron chi connectivity index (χ1n) is 9.68. The van der Waals surface area contributed by atoms with E-state index >= 15 is 0 Å². The Morgan fingerprint density at radius 1 is 1.07 bits per heavy atom. The van der Waals surface area contributed by atoms with E-state index in [9.17, 15) is 13.2 Å². The molecule has 2 aromatic carbocycles. The summed E-state index contributed by atoms with van der Waals surface area (Å²) in [6.07, 6.45) is 2.88. The third-order valence-electron chi connectivity index (χ3n) is 4.58. The molecule has 160 valence electrons. The average Bonchev–Trinajstić information content (AvgIpc) is 2.77. The molecule has 30 heavy (non-hydrogen) atoms. The van der Waals surface area contributed by atoms with Crippen molar-refractivity contribution in [2.45, 2.75) is 11.8 Å². The second-order valence-electron chi connectivity index (χ2n) is 6.70. The fourth-order valence-corrected chi connectivity index (χ4v) is 4.32. The third-order valence-corrected chi connectivity index (χ3v) is 6.49. The molecule has 0 spiro atoms. The molecule has 0 aromatic heterocycles. The zero-order chi connectivity index (χ0) is 21.4. The lowest BCUT2D eigenvalue weighted by Crippen LogP contribution is -2.40. The number of ether oxygens (including phenoxy) is 3. The first-order valence-corrected chi connectivity index (χ1v) is 11.1. The maximum atomic E-state index is 12.6. The van der Waals surface area contributed by atoms with Gasteiger partial charge in [0.05, 0.1) is 18.1 Å². The van der Waals surface area contributed by atoms with Gasteiger partial charge >= 0.3 is 5.97 Å². The van der Waals surface area contributed by atoms with E-state index in [-0.39, 0.29) is 18.1 Å². The molecule has 0 radical (unpaired) electrons. The van der Waals surface area contributed by atoms with Crippen LogP contribution in [0.1, 0.15) is 11.1 Å². The van der Waals surface area contributed by atoms with E-state index in [2.05, 4.69) is 0 Å². The number of hydrogen-bond acceptors (Lipinski definition) is 6. The Labute approximate surface area is 176 Å². The number of rotatable bonds is 8. The van der Waals surface area contributed by atoms with Crippen LogP contribution in [0.5, 0.6) is 5.75 Å². The number of hydrogen-bond donors (Lipinski definition) is 0. The van der Waals surface area contributed by atoms with E-state index in [0.717, 1.165) is 11.3 Å². The van der Waals surface area contributed by atoms with Gasteiger partial charge in [-0.3, -0.25) is 0 Å². The van der Waals surface area contributed by atoms with Gasteiger partial charge in [-0.2, -0.15) is 4.31 Å². The topological polar surface area (TPSA) is 82.1 Å². The van der Waals surface area contributed by atoms with E-state index in [1.807, 2.05) is 31.2 Å². The molecule has 7 nitrogen and oxygen atoms in total. The molecule has 0 amide bonds. The number of benzene rings is 2. The van der Waals surface area contributed by atoms with Crippen LogP contribution < -0.4 is 4.74 Å². The summed E-state index contributed by atoms with van der Waals surface area (Å²) in [6, 6.07) is 14.0. The van der Waals surface area contributed by atoms with Crippen LogP contribution in [0, 0.1) is 6.92 Å². The summed E-state index contributed by atoms with van der Waals surface area (Å²) in [4.78, 5) is 12.1. The van der Waals surface area contributed by atoms with Crippen molar-refractivity contribution in [3.63, 3.8) is 0 Å². The van der Waals surface area contributed by atoms with E-state index in [0.29, 0.717) is 31.9 Å². The van der Waals surface area contributed by atoms with E-state index in [1.165, 1.54) is 22.5 Å². The fraction of sp³-hybridized carbons (Fsp3) is 0.318. The van der Waals surface area contributed by atoms with E-state index < -0.39 is 16.0 Å². The smallest absolute Gasteiger partial charge is 0.330 e. The highest BCUT2D eigenvalue weighted by Gasteiger charge is 2.25.